The van der Waals surface area contributed by atoms with Crippen LogP contribution >= 0.6 is 46.7 Å². The maximum absolute atomic E-state index is 13.8. The van der Waals surface area contributed by atoms with E-state index in [-0.39, 0.29) is 41.0 Å². The number of ketones is 1. The van der Waals surface area contributed by atoms with Gasteiger partial charge in [0.05, 0.1) is 40.9 Å². The van der Waals surface area contributed by atoms with Crippen LogP contribution in [0.1, 0.15) is 182 Å². The molecule has 0 aliphatic rings. The summed E-state index contributed by atoms with van der Waals surface area (Å²) >= 11 is 14.9. The number of carbonyl (C=O) groups is 5. The lowest BCUT2D eigenvalue weighted by Crippen LogP contribution is -2.39. The summed E-state index contributed by atoms with van der Waals surface area (Å²) in [7, 11) is 0. The summed E-state index contributed by atoms with van der Waals surface area (Å²) < 4.78 is 32.8. The molecule has 0 bridgehead atoms. The summed E-state index contributed by atoms with van der Waals surface area (Å²) in [5.74, 6) is 1.08. The van der Waals surface area contributed by atoms with Crippen molar-refractivity contribution in [2.24, 2.45) is 5.41 Å². The predicted octanol–water partition coefficient (Wildman–Crippen LogP) is 21.0. The molecule has 7 aromatic carbocycles. The summed E-state index contributed by atoms with van der Waals surface area (Å²) in [6, 6.07) is 43.9. The number of benzene rings is 7. The number of amides is 3. The largest absolute Gasteiger partial charge is 0.506 e. The van der Waals surface area contributed by atoms with Crippen molar-refractivity contribution < 1.29 is 52.4 Å². The van der Waals surface area contributed by atoms with Gasteiger partial charge in [0.1, 0.15) is 39.9 Å². The molecule has 0 saturated carbocycles. The van der Waals surface area contributed by atoms with Crippen LogP contribution in [0, 0.1) is 26.2 Å². The molecule has 10 aromatic rings. The summed E-state index contributed by atoms with van der Waals surface area (Å²) in [6.07, 6.45) is 18.5. The zero-order valence-corrected chi connectivity index (χ0v) is 66.0. The number of carbonyl (C=O) groups excluding carboxylic acids is 5. The molecular weight excluding hydrogens is 1450 g/mol. The van der Waals surface area contributed by atoms with E-state index in [9.17, 15) is 29.1 Å². The molecule has 108 heavy (non-hydrogen) atoms. The number of phenols is 1. The minimum Gasteiger partial charge on any atom is -0.506 e. The molecule has 0 fully saturated rings. The molecule has 20 nitrogen and oxygen atoms in total. The molecule has 3 heterocycles. The first-order valence-electron chi connectivity index (χ1n) is 36.9. The van der Waals surface area contributed by atoms with Gasteiger partial charge in [-0.25, -0.2) is 4.68 Å². The molecular formula is C84H97Cl2N9O11S2. The third-order valence-electron chi connectivity index (χ3n) is 17.7. The maximum atomic E-state index is 13.8. The SMILES string of the molecule is CCCCCCCCCCCCCCOc1ccc(NC(=O)c2cc(Oc3c(CSc4nnc(CC)o4)c(C)nn3-c3ccccc3)c3ccccc3c2O)cc1.Cc1ccc(OCCCC(=O)Nc2ccc(Cl)c(NC(=O)C(C(=O)C(C)(C)C)n3ccc(SC(C)C(=O)OCc4ccc(Cl)cc4)n3)c2)c(C)c1. The Balaban J connectivity index is 0.000000251. The van der Waals surface area contributed by atoms with E-state index < -0.39 is 40.3 Å². The number of esters is 1. The van der Waals surface area contributed by atoms with Crippen molar-refractivity contribution in [1.29, 1.82) is 0 Å². The Hall–Kier alpha value is -9.61. The molecule has 0 aliphatic heterocycles. The highest BCUT2D eigenvalue weighted by Gasteiger charge is 2.38. The van der Waals surface area contributed by atoms with Crippen molar-refractivity contribution in [3.63, 3.8) is 0 Å². The lowest BCUT2D eigenvalue weighted by molar-refractivity contribution is -0.144. The molecule has 0 saturated heterocycles. The first kappa shape index (κ1) is 82.4. The molecule has 10 rings (SSSR count). The Morgan fingerprint density at radius 2 is 1.33 bits per heavy atom. The van der Waals surface area contributed by atoms with Gasteiger partial charge in [-0.15, -0.1) is 10.2 Å². The Morgan fingerprint density at radius 3 is 2.01 bits per heavy atom. The minimum atomic E-state index is -1.35. The molecule has 570 valence electrons. The topological polar surface area (TPSA) is 253 Å². The van der Waals surface area contributed by atoms with E-state index in [1.807, 2.05) is 119 Å². The molecule has 2 atom stereocenters. The fourth-order valence-corrected chi connectivity index (χ4v) is 13.6. The second-order valence-corrected chi connectivity index (χ2v) is 30.6. The number of rotatable bonds is 38. The number of aromatic hydroxyl groups is 1. The fraction of sp³-hybridized carbons (Fsp3) is 0.369. The third-order valence-corrected chi connectivity index (χ3v) is 20.1. The fourth-order valence-electron chi connectivity index (χ4n) is 11.7. The van der Waals surface area contributed by atoms with Gasteiger partial charge in [-0.3, -0.25) is 28.7 Å². The van der Waals surface area contributed by atoms with Gasteiger partial charge in [-0.05, 0) is 137 Å². The second-order valence-electron chi connectivity index (χ2n) is 27.5. The smallest absolute Gasteiger partial charge is 0.319 e. The van der Waals surface area contributed by atoms with Gasteiger partial charge in [-0.2, -0.15) is 10.2 Å². The number of anilines is 3. The first-order valence-corrected chi connectivity index (χ1v) is 39.5. The summed E-state index contributed by atoms with van der Waals surface area (Å²) in [6.45, 7) is 18.1. The van der Waals surface area contributed by atoms with Crippen LogP contribution in [0.25, 0.3) is 16.5 Å². The number of nitrogens with one attached hydrogen (secondary N) is 3. The Kier molecular flexibility index (Phi) is 31.4. The number of aromatic nitrogens is 6. The Morgan fingerprint density at radius 1 is 0.667 bits per heavy atom. The van der Waals surface area contributed by atoms with Crippen LogP contribution in [0.3, 0.4) is 0 Å². The first-order chi connectivity index (χ1) is 52.0. The van der Waals surface area contributed by atoms with Crippen LogP contribution in [0.15, 0.2) is 173 Å². The predicted molar refractivity (Wildman–Crippen MR) is 430 cm³/mol. The van der Waals surface area contributed by atoms with Crippen molar-refractivity contribution in [2.75, 3.05) is 29.2 Å². The minimum absolute atomic E-state index is 0.0763. The Labute approximate surface area is 651 Å². The summed E-state index contributed by atoms with van der Waals surface area (Å²) in [5.41, 5.74) is 5.76. The molecule has 4 N–H and O–H groups in total. The average molecular weight is 1540 g/mol. The summed E-state index contributed by atoms with van der Waals surface area (Å²) in [5, 5.41) is 39.7. The highest BCUT2D eigenvalue weighted by Crippen LogP contribution is 2.42. The standard InChI is InChI=1S/C46H55N5O5S.C38H42Cl2N4O6S/c1-4-6-7-8-9-10-11-12-13-14-15-21-30-54-36-28-26-34(27-29-36)47-44(53)39-31-41(37-24-19-20-25-38(37)43(39)52)55-45-40(32-57-46-49-48-42(5-2)56-46)33(3)50-51(45)35-22-17-16-18-23-35;1-23-9-16-31(24(2)20-23)49-19-7-8-32(45)41-28-14-15-29(40)30(21-28)42-36(47)34(35(46)38(4,5)6)44-18-17-33(43-44)51-25(3)37(48)50-22-26-10-12-27(39)13-11-26/h16-20,22-29,31,52H,4-15,21,30,32H2,1-3H3,(H,47,53);9-18,20-21,25,34H,7-8,19,22H2,1-6H3,(H,41,45)(H,42,47). The van der Waals surface area contributed by atoms with Gasteiger partial charge >= 0.3 is 5.97 Å². The molecule has 3 amide bonds. The van der Waals surface area contributed by atoms with Crippen molar-refractivity contribution in [2.45, 2.75) is 193 Å². The molecule has 3 aromatic heterocycles. The molecule has 0 radical (unpaired) electrons. The highest BCUT2D eigenvalue weighted by molar-refractivity contribution is 8.00. The van der Waals surface area contributed by atoms with Crippen molar-refractivity contribution in [3.05, 3.63) is 207 Å². The summed E-state index contributed by atoms with van der Waals surface area (Å²) in [4.78, 5) is 66.6. The van der Waals surface area contributed by atoms with Gasteiger partial charge in [0.15, 0.2) is 11.8 Å². The van der Waals surface area contributed by atoms with Gasteiger partial charge in [0.2, 0.25) is 17.7 Å². The lowest BCUT2D eigenvalue weighted by Gasteiger charge is -2.24. The number of para-hydroxylation sites is 1. The van der Waals surface area contributed by atoms with Crippen LogP contribution in [0.4, 0.5) is 17.1 Å². The second kappa shape index (κ2) is 41.1. The van der Waals surface area contributed by atoms with E-state index in [1.54, 1.807) is 87.0 Å². The van der Waals surface area contributed by atoms with Crippen LogP contribution in [0.2, 0.25) is 10.0 Å². The lowest BCUT2D eigenvalue weighted by atomic mass is 9.86. The number of ether oxygens (including phenoxy) is 4. The van der Waals surface area contributed by atoms with E-state index >= 15 is 0 Å². The highest BCUT2D eigenvalue weighted by atomic mass is 35.5. The van der Waals surface area contributed by atoms with Gasteiger partial charge in [-0.1, -0.05) is 224 Å². The normalized spacial score (nSPS) is 11.8. The molecule has 24 heteroatoms. The monoisotopic (exact) mass is 1540 g/mol. The van der Waals surface area contributed by atoms with Gasteiger partial charge in [0, 0.05) is 62.9 Å². The van der Waals surface area contributed by atoms with Crippen LogP contribution in [-0.4, -0.2) is 82.8 Å². The van der Waals surface area contributed by atoms with Crippen LogP contribution in [-0.2, 0) is 42.7 Å². The number of halogens is 2. The van der Waals surface area contributed by atoms with Gasteiger partial charge in [0.25, 0.3) is 17.0 Å². The molecule has 2 unspecified atom stereocenters. The number of unbranched alkanes of at least 4 members (excludes halogenated alkanes) is 11. The molecule has 0 aliphatic carbocycles. The van der Waals surface area contributed by atoms with E-state index in [2.05, 4.69) is 38.2 Å². The average Bonchev–Trinajstić information content (AvgIpc) is 1.43. The number of hydrogen-bond donors (Lipinski definition) is 4. The number of nitrogens with zero attached hydrogens (tertiary/aromatic N) is 6. The van der Waals surface area contributed by atoms with E-state index in [0.29, 0.717) is 86.7 Å². The Bertz CT molecular complexity index is 4620. The number of phenolic OH excluding ortho intramolecular Hbond substituents is 1. The quantitative estimate of drug-likeness (QED) is 0.0121. The number of fused-ring (bicyclic) bond motifs is 1. The van der Waals surface area contributed by atoms with Crippen LogP contribution < -0.4 is 30.2 Å². The third kappa shape index (κ3) is 24.5. The van der Waals surface area contributed by atoms with E-state index in [4.69, 9.17) is 51.7 Å². The number of Topliss-reactive ketones (excluding diaryl/α,β-unsaturated/α-hetero) is 1. The van der Waals surface area contributed by atoms with E-state index in [1.165, 1.54) is 99.3 Å². The number of thioether (sulfide) groups is 2. The number of hydrogen-bond acceptors (Lipinski definition) is 17. The number of aryl methyl sites for hydroxylation is 4. The van der Waals surface area contributed by atoms with Crippen molar-refractivity contribution in [3.8, 4) is 34.6 Å². The van der Waals surface area contributed by atoms with Gasteiger partial charge < -0.3 is 44.4 Å². The van der Waals surface area contributed by atoms with Crippen LogP contribution in [0.5, 0.6) is 28.9 Å². The zero-order chi connectivity index (χ0) is 77.1. The van der Waals surface area contributed by atoms with Crippen molar-refractivity contribution in [1.82, 2.24) is 29.8 Å². The maximum Gasteiger partial charge on any atom is 0.319 e. The molecule has 0 spiro atoms. The zero-order valence-electron chi connectivity index (χ0n) is 62.9. The van der Waals surface area contributed by atoms with E-state index in [0.717, 1.165) is 63.3 Å². The van der Waals surface area contributed by atoms with Crippen molar-refractivity contribution >= 4 is 104 Å².